The molecule has 2 aromatic rings. The van der Waals surface area contributed by atoms with Crippen LogP contribution in [0.25, 0.3) is 11.1 Å². The zero-order valence-electron chi connectivity index (χ0n) is 14.2. The summed E-state index contributed by atoms with van der Waals surface area (Å²) in [7, 11) is 3.14. The number of carbonyl (C=O) groups excluding carboxylic acids is 1. The van der Waals surface area contributed by atoms with Gasteiger partial charge in [0.2, 0.25) is 5.96 Å². The first-order valence-corrected chi connectivity index (χ1v) is 8.09. The van der Waals surface area contributed by atoms with E-state index in [4.69, 9.17) is 21.7 Å². The molecule has 1 saturated heterocycles. The maximum atomic E-state index is 12.1. The second-order valence-electron chi connectivity index (χ2n) is 6.01. The average molecular weight is 359 g/mol. The Morgan fingerprint density at radius 3 is 2.64 bits per heavy atom. The number of ether oxygens (including phenoxy) is 1. The summed E-state index contributed by atoms with van der Waals surface area (Å²) in [6.07, 6.45) is 0. The molecule has 7 heteroatoms. The number of guanidine groups is 1. The zero-order chi connectivity index (χ0) is 18.2. The van der Waals surface area contributed by atoms with E-state index >= 15 is 0 Å². The smallest absolute Gasteiger partial charge is 0.326 e. The van der Waals surface area contributed by atoms with Crippen molar-refractivity contribution in [3.63, 3.8) is 0 Å². The predicted molar refractivity (Wildman–Crippen MR) is 97.9 cm³/mol. The highest BCUT2D eigenvalue weighted by atomic mass is 35.5. The van der Waals surface area contributed by atoms with Gasteiger partial charge in [-0.15, -0.1) is 0 Å². The van der Waals surface area contributed by atoms with Crippen LogP contribution in [0.3, 0.4) is 0 Å². The molecule has 130 valence electrons. The first kappa shape index (κ1) is 17.1. The van der Waals surface area contributed by atoms with E-state index in [2.05, 4.69) is 10.6 Å². The number of benzene rings is 2. The summed E-state index contributed by atoms with van der Waals surface area (Å²) in [4.78, 5) is 13.3. The molecular weight excluding hydrogens is 340 g/mol. The Morgan fingerprint density at radius 1 is 1.20 bits per heavy atom. The first-order chi connectivity index (χ1) is 11.8. The van der Waals surface area contributed by atoms with E-state index in [1.165, 1.54) is 11.9 Å². The molecule has 0 aromatic heterocycles. The number of methoxy groups -OCH3 is 1. The minimum atomic E-state index is -0.887. The maximum absolute atomic E-state index is 12.1. The predicted octanol–water partition coefficient (Wildman–Crippen LogP) is 3.37. The monoisotopic (exact) mass is 358 g/mol. The van der Waals surface area contributed by atoms with Crippen LogP contribution in [0.5, 0.6) is 5.75 Å². The van der Waals surface area contributed by atoms with Crippen molar-refractivity contribution >= 4 is 23.6 Å². The van der Waals surface area contributed by atoms with Gasteiger partial charge in [0.25, 0.3) is 0 Å². The molecule has 0 aliphatic carbocycles. The normalized spacial score (nSPS) is 20.1. The van der Waals surface area contributed by atoms with Gasteiger partial charge in [0.05, 0.1) is 7.11 Å². The summed E-state index contributed by atoms with van der Waals surface area (Å²) in [5.41, 5.74) is 1.65. The molecule has 0 radical (unpaired) electrons. The van der Waals surface area contributed by atoms with Crippen LogP contribution >= 0.6 is 11.6 Å². The number of urea groups is 1. The van der Waals surface area contributed by atoms with Crippen molar-refractivity contribution in [3.8, 4) is 16.9 Å². The molecule has 3 N–H and O–H groups in total. The first-order valence-electron chi connectivity index (χ1n) is 7.71. The number of hydrogen-bond acceptors (Lipinski definition) is 3. The van der Waals surface area contributed by atoms with Gasteiger partial charge in [-0.05, 0) is 42.3 Å². The summed E-state index contributed by atoms with van der Waals surface area (Å²) in [6, 6.07) is 12.8. The molecule has 1 aliphatic rings. The molecule has 0 saturated carbocycles. The minimum Gasteiger partial charge on any atom is -0.497 e. The maximum Gasteiger partial charge on any atom is 0.326 e. The fraction of sp³-hybridized carbons (Fsp3) is 0.222. The number of nitrogens with one attached hydrogen (secondary N) is 3. The molecule has 1 fully saturated rings. The summed E-state index contributed by atoms with van der Waals surface area (Å²) in [5, 5.41) is 14.5. The van der Waals surface area contributed by atoms with Crippen molar-refractivity contribution < 1.29 is 9.53 Å². The molecule has 2 amide bonds. The molecular formula is C18H19ClN4O2. The van der Waals surface area contributed by atoms with Crippen molar-refractivity contribution in [1.82, 2.24) is 15.5 Å². The van der Waals surface area contributed by atoms with Crippen LogP contribution in [0.1, 0.15) is 12.5 Å². The van der Waals surface area contributed by atoms with E-state index in [1.54, 1.807) is 19.2 Å². The molecule has 3 rings (SSSR count). The van der Waals surface area contributed by atoms with Crippen LogP contribution in [-0.2, 0) is 5.66 Å². The minimum absolute atomic E-state index is 0.0380. The third-order valence-electron chi connectivity index (χ3n) is 4.29. The van der Waals surface area contributed by atoms with Crippen molar-refractivity contribution in [2.24, 2.45) is 0 Å². The lowest BCUT2D eigenvalue weighted by Gasteiger charge is -2.40. The Hall–Kier alpha value is -2.73. The van der Waals surface area contributed by atoms with Crippen LogP contribution in [-0.4, -0.2) is 31.0 Å². The fourth-order valence-electron chi connectivity index (χ4n) is 2.75. The Kier molecular flexibility index (Phi) is 4.30. The van der Waals surface area contributed by atoms with E-state index in [-0.39, 0.29) is 12.0 Å². The molecule has 1 aliphatic heterocycles. The topological polar surface area (TPSA) is 77.5 Å². The summed E-state index contributed by atoms with van der Waals surface area (Å²) >= 11 is 6.34. The second-order valence-corrected chi connectivity index (χ2v) is 6.42. The zero-order valence-corrected chi connectivity index (χ0v) is 14.9. The lowest BCUT2D eigenvalue weighted by atomic mass is 9.95. The molecule has 0 bridgehead atoms. The van der Waals surface area contributed by atoms with Gasteiger partial charge in [-0.1, -0.05) is 29.8 Å². The molecule has 25 heavy (non-hydrogen) atoms. The molecule has 0 unspecified atom stereocenters. The quantitative estimate of drug-likeness (QED) is 0.787. The third kappa shape index (κ3) is 3.13. The third-order valence-corrected chi connectivity index (χ3v) is 4.62. The average Bonchev–Trinajstić information content (AvgIpc) is 2.60. The van der Waals surface area contributed by atoms with Crippen molar-refractivity contribution in [2.75, 3.05) is 14.2 Å². The highest BCUT2D eigenvalue weighted by molar-refractivity contribution is 6.33. The van der Waals surface area contributed by atoms with Crippen LogP contribution in [0.15, 0.2) is 42.5 Å². The Morgan fingerprint density at radius 2 is 1.96 bits per heavy atom. The SMILES string of the molecule is COc1ccc(Cl)c(-c2cccc([C@@]3(C)NC(=N)N(C)C(=O)N3)c2)c1. The highest BCUT2D eigenvalue weighted by Gasteiger charge is 2.37. The molecule has 0 spiro atoms. The van der Waals surface area contributed by atoms with Gasteiger partial charge in [-0.2, -0.15) is 0 Å². The van der Waals surface area contributed by atoms with Crippen molar-refractivity contribution in [3.05, 3.63) is 53.1 Å². The van der Waals surface area contributed by atoms with Crippen LogP contribution in [0.2, 0.25) is 5.02 Å². The molecule has 2 aromatic carbocycles. The lowest BCUT2D eigenvalue weighted by Crippen LogP contribution is -2.67. The molecule has 6 nitrogen and oxygen atoms in total. The molecule has 1 heterocycles. The number of carbonyl (C=O) groups is 1. The fourth-order valence-corrected chi connectivity index (χ4v) is 2.97. The number of rotatable bonds is 3. The standard InChI is InChI=1S/C18H19ClN4O2/c1-18(21-16(20)23(2)17(24)22-18)12-6-4-5-11(9-12)14-10-13(25-3)7-8-15(14)19/h4-10H,1-3H3,(H2,20,21)(H,22,24)/t18-/m0/s1. The Balaban J connectivity index is 2.03. The van der Waals surface area contributed by atoms with E-state index in [9.17, 15) is 4.79 Å². The summed E-state index contributed by atoms with van der Waals surface area (Å²) < 4.78 is 5.28. The van der Waals surface area contributed by atoms with Gasteiger partial charge in [-0.25, -0.2) is 4.79 Å². The van der Waals surface area contributed by atoms with Gasteiger partial charge >= 0.3 is 6.03 Å². The highest BCUT2D eigenvalue weighted by Crippen LogP contribution is 2.33. The number of halogens is 1. The van der Waals surface area contributed by atoms with E-state index in [1.807, 2.05) is 37.3 Å². The number of hydrogen-bond donors (Lipinski definition) is 3. The Bertz CT molecular complexity index is 835. The summed E-state index contributed by atoms with van der Waals surface area (Å²) in [6.45, 7) is 1.82. The second kappa shape index (κ2) is 6.29. The van der Waals surface area contributed by atoms with Crippen LogP contribution < -0.4 is 15.4 Å². The van der Waals surface area contributed by atoms with E-state index in [0.29, 0.717) is 10.8 Å². The number of nitrogens with zero attached hydrogens (tertiary/aromatic N) is 1. The van der Waals surface area contributed by atoms with Gasteiger partial charge in [0, 0.05) is 17.6 Å². The Labute approximate surface area is 151 Å². The van der Waals surface area contributed by atoms with Crippen LogP contribution in [0, 0.1) is 5.41 Å². The molecule has 1 atom stereocenters. The van der Waals surface area contributed by atoms with Crippen molar-refractivity contribution in [2.45, 2.75) is 12.6 Å². The van der Waals surface area contributed by atoms with Crippen molar-refractivity contribution in [1.29, 1.82) is 5.41 Å². The largest absolute Gasteiger partial charge is 0.497 e. The van der Waals surface area contributed by atoms with E-state index < -0.39 is 5.66 Å². The van der Waals surface area contributed by atoms with Gasteiger partial charge < -0.3 is 15.4 Å². The summed E-state index contributed by atoms with van der Waals surface area (Å²) in [5.74, 6) is 0.750. The van der Waals surface area contributed by atoms with Gasteiger partial charge in [0.1, 0.15) is 11.4 Å². The van der Waals surface area contributed by atoms with Crippen LogP contribution in [0.4, 0.5) is 4.79 Å². The lowest BCUT2D eigenvalue weighted by molar-refractivity contribution is 0.193. The van der Waals surface area contributed by atoms with Gasteiger partial charge in [-0.3, -0.25) is 10.3 Å². The van der Waals surface area contributed by atoms with Gasteiger partial charge in [0.15, 0.2) is 0 Å². The number of amides is 2. The van der Waals surface area contributed by atoms with E-state index in [0.717, 1.165) is 16.7 Å².